The maximum absolute atomic E-state index is 12.2. The minimum atomic E-state index is -0.164. The maximum Gasteiger partial charge on any atom is 0.248 e. The van der Waals surface area contributed by atoms with E-state index in [1.165, 1.54) is 6.08 Å². The third-order valence-corrected chi connectivity index (χ3v) is 4.27. The molecular weight excluding hydrogens is 338 g/mol. The first-order chi connectivity index (χ1) is 13.0. The molecule has 0 heterocycles. The van der Waals surface area contributed by atoms with Crippen LogP contribution in [0.4, 0.5) is 5.69 Å². The molecule has 4 nitrogen and oxygen atoms in total. The number of rotatable bonds is 9. The van der Waals surface area contributed by atoms with Gasteiger partial charge in [-0.05, 0) is 61.2 Å². The van der Waals surface area contributed by atoms with E-state index in [0.29, 0.717) is 12.4 Å². The number of nitrogens with one attached hydrogen (secondary N) is 1. The second-order valence-corrected chi connectivity index (χ2v) is 6.61. The first kappa shape index (κ1) is 20.6. The van der Waals surface area contributed by atoms with E-state index in [1.807, 2.05) is 50.2 Å². The highest BCUT2D eigenvalue weighted by molar-refractivity contribution is 6.02. The largest absolute Gasteiger partial charge is 0.493 e. The minimum absolute atomic E-state index is 0.164. The molecule has 144 valence electrons. The van der Waals surface area contributed by atoms with Crippen molar-refractivity contribution < 1.29 is 14.3 Å². The van der Waals surface area contributed by atoms with Gasteiger partial charge in [0.2, 0.25) is 5.91 Å². The Bertz CT molecular complexity index is 796. The molecule has 1 amide bonds. The van der Waals surface area contributed by atoms with Crippen LogP contribution in [0.5, 0.6) is 11.5 Å². The van der Waals surface area contributed by atoms with Gasteiger partial charge in [-0.3, -0.25) is 4.79 Å². The quantitative estimate of drug-likeness (QED) is 0.468. The van der Waals surface area contributed by atoms with E-state index in [0.717, 1.165) is 47.4 Å². The molecule has 0 aromatic heterocycles. The van der Waals surface area contributed by atoms with Crippen molar-refractivity contribution >= 4 is 17.7 Å². The lowest BCUT2D eigenvalue weighted by molar-refractivity contribution is -0.111. The number of carbonyl (C=O) groups excluding carboxylic acids is 1. The average Bonchev–Trinajstić information content (AvgIpc) is 2.67. The molecule has 0 bridgehead atoms. The van der Waals surface area contributed by atoms with Crippen LogP contribution in [-0.2, 0) is 4.79 Å². The molecule has 0 fully saturated rings. The van der Waals surface area contributed by atoms with Gasteiger partial charge in [0, 0.05) is 11.8 Å². The number of anilines is 1. The van der Waals surface area contributed by atoms with Crippen LogP contribution in [0.1, 0.15) is 42.9 Å². The predicted octanol–water partition coefficient (Wildman–Crippen LogP) is 5.53. The third-order valence-electron chi connectivity index (χ3n) is 4.27. The third kappa shape index (κ3) is 6.48. The van der Waals surface area contributed by atoms with Gasteiger partial charge in [0.15, 0.2) is 11.5 Å². The van der Waals surface area contributed by atoms with Crippen LogP contribution in [0.2, 0.25) is 0 Å². The van der Waals surface area contributed by atoms with E-state index in [2.05, 4.69) is 12.2 Å². The van der Waals surface area contributed by atoms with Crippen molar-refractivity contribution in [1.82, 2.24) is 0 Å². The molecule has 0 radical (unpaired) electrons. The summed E-state index contributed by atoms with van der Waals surface area (Å²) in [5, 5.41) is 2.92. The van der Waals surface area contributed by atoms with Gasteiger partial charge in [-0.2, -0.15) is 0 Å². The van der Waals surface area contributed by atoms with Crippen molar-refractivity contribution in [3.05, 3.63) is 59.2 Å². The van der Waals surface area contributed by atoms with Gasteiger partial charge < -0.3 is 14.8 Å². The van der Waals surface area contributed by atoms with E-state index >= 15 is 0 Å². The first-order valence-corrected chi connectivity index (χ1v) is 9.40. The van der Waals surface area contributed by atoms with Gasteiger partial charge in [0.05, 0.1) is 13.7 Å². The Kier molecular flexibility index (Phi) is 7.93. The lowest BCUT2D eigenvalue weighted by Gasteiger charge is -2.11. The lowest BCUT2D eigenvalue weighted by Crippen LogP contribution is -2.09. The topological polar surface area (TPSA) is 47.6 Å². The molecule has 0 aliphatic carbocycles. The first-order valence-electron chi connectivity index (χ1n) is 9.40. The Labute approximate surface area is 162 Å². The van der Waals surface area contributed by atoms with Gasteiger partial charge in [0.25, 0.3) is 0 Å². The monoisotopic (exact) mass is 367 g/mol. The number of ether oxygens (including phenoxy) is 2. The fraction of sp³-hybridized carbons (Fsp3) is 0.348. The number of methoxy groups -OCH3 is 1. The number of carbonyl (C=O) groups is 1. The zero-order valence-electron chi connectivity index (χ0n) is 16.7. The van der Waals surface area contributed by atoms with Crippen molar-refractivity contribution in [3.63, 3.8) is 0 Å². The molecule has 0 saturated heterocycles. The van der Waals surface area contributed by atoms with Crippen molar-refractivity contribution in [1.29, 1.82) is 0 Å². The number of hydrogen-bond donors (Lipinski definition) is 1. The number of aryl methyl sites for hydroxylation is 2. The minimum Gasteiger partial charge on any atom is -0.493 e. The zero-order valence-corrected chi connectivity index (χ0v) is 16.7. The SMILES string of the molecule is CCCCCOc1ccc(C=CC(=O)Nc2cc(C)ccc2C)cc1OC. The normalized spacial score (nSPS) is 10.8. The molecule has 2 aromatic carbocycles. The van der Waals surface area contributed by atoms with Crippen molar-refractivity contribution in [2.45, 2.75) is 40.0 Å². The Hall–Kier alpha value is -2.75. The second kappa shape index (κ2) is 10.4. The molecule has 2 rings (SSSR count). The lowest BCUT2D eigenvalue weighted by atomic mass is 10.1. The number of benzene rings is 2. The smallest absolute Gasteiger partial charge is 0.248 e. The van der Waals surface area contributed by atoms with Crippen LogP contribution in [0.3, 0.4) is 0 Å². The van der Waals surface area contributed by atoms with Crippen LogP contribution in [-0.4, -0.2) is 19.6 Å². The van der Waals surface area contributed by atoms with Gasteiger partial charge in [-0.1, -0.05) is 38.0 Å². The Morgan fingerprint density at radius 2 is 1.89 bits per heavy atom. The Morgan fingerprint density at radius 1 is 1.07 bits per heavy atom. The molecule has 4 heteroatoms. The van der Waals surface area contributed by atoms with E-state index in [1.54, 1.807) is 13.2 Å². The predicted molar refractivity (Wildman–Crippen MR) is 112 cm³/mol. The van der Waals surface area contributed by atoms with Crippen LogP contribution < -0.4 is 14.8 Å². The van der Waals surface area contributed by atoms with Gasteiger partial charge in [-0.25, -0.2) is 0 Å². The molecule has 0 atom stereocenters. The fourth-order valence-corrected chi connectivity index (χ4v) is 2.66. The van der Waals surface area contributed by atoms with Crippen molar-refractivity contribution in [2.75, 3.05) is 19.0 Å². The summed E-state index contributed by atoms with van der Waals surface area (Å²) >= 11 is 0. The van der Waals surface area contributed by atoms with Crippen LogP contribution in [0, 0.1) is 13.8 Å². The summed E-state index contributed by atoms with van der Waals surface area (Å²) in [7, 11) is 1.62. The summed E-state index contributed by atoms with van der Waals surface area (Å²) in [6, 6.07) is 11.7. The number of amides is 1. The fourth-order valence-electron chi connectivity index (χ4n) is 2.66. The molecule has 0 aliphatic rings. The number of unbranched alkanes of at least 4 members (excludes halogenated alkanes) is 2. The average molecular weight is 367 g/mol. The van der Waals surface area contributed by atoms with Crippen molar-refractivity contribution in [2.24, 2.45) is 0 Å². The summed E-state index contributed by atoms with van der Waals surface area (Å²) in [4.78, 5) is 12.2. The molecule has 27 heavy (non-hydrogen) atoms. The van der Waals surface area contributed by atoms with Gasteiger partial charge in [0.1, 0.15) is 0 Å². The summed E-state index contributed by atoms with van der Waals surface area (Å²) in [5.74, 6) is 1.23. The van der Waals surface area contributed by atoms with E-state index < -0.39 is 0 Å². The molecule has 1 N–H and O–H groups in total. The molecule has 2 aromatic rings. The summed E-state index contributed by atoms with van der Waals surface area (Å²) in [6.45, 7) is 6.82. The highest BCUT2D eigenvalue weighted by Gasteiger charge is 2.06. The van der Waals surface area contributed by atoms with Gasteiger partial charge in [-0.15, -0.1) is 0 Å². The van der Waals surface area contributed by atoms with Crippen LogP contribution in [0.15, 0.2) is 42.5 Å². The Morgan fingerprint density at radius 3 is 2.63 bits per heavy atom. The standard InChI is InChI=1S/C23H29NO3/c1-5-6-7-14-27-21-12-10-19(16-22(21)26-4)11-13-23(25)24-20-15-17(2)8-9-18(20)3/h8-13,15-16H,5-7,14H2,1-4H3,(H,24,25). The summed E-state index contributed by atoms with van der Waals surface area (Å²) < 4.78 is 11.2. The van der Waals surface area contributed by atoms with E-state index in [4.69, 9.17) is 9.47 Å². The highest BCUT2D eigenvalue weighted by Crippen LogP contribution is 2.28. The van der Waals surface area contributed by atoms with Crippen LogP contribution >= 0.6 is 0 Å². The summed E-state index contributed by atoms with van der Waals surface area (Å²) in [5.41, 5.74) is 3.86. The molecular formula is C23H29NO3. The Balaban J connectivity index is 2.01. The number of hydrogen-bond acceptors (Lipinski definition) is 3. The molecule has 0 saturated carbocycles. The molecule has 0 unspecified atom stereocenters. The second-order valence-electron chi connectivity index (χ2n) is 6.61. The molecule has 0 aliphatic heterocycles. The maximum atomic E-state index is 12.2. The molecule has 0 spiro atoms. The van der Waals surface area contributed by atoms with Gasteiger partial charge >= 0.3 is 0 Å². The summed E-state index contributed by atoms with van der Waals surface area (Å²) in [6.07, 6.45) is 6.63. The van der Waals surface area contributed by atoms with E-state index in [9.17, 15) is 4.79 Å². The zero-order chi connectivity index (χ0) is 19.6. The van der Waals surface area contributed by atoms with E-state index in [-0.39, 0.29) is 5.91 Å². The van der Waals surface area contributed by atoms with Crippen LogP contribution in [0.25, 0.3) is 6.08 Å². The van der Waals surface area contributed by atoms with Crippen molar-refractivity contribution in [3.8, 4) is 11.5 Å². The highest BCUT2D eigenvalue weighted by atomic mass is 16.5.